The van der Waals surface area contributed by atoms with Gasteiger partial charge in [-0.15, -0.1) is 11.3 Å². The molecule has 1 atom stereocenters. The molecule has 1 fully saturated rings. The fourth-order valence-corrected chi connectivity index (χ4v) is 2.67. The predicted octanol–water partition coefficient (Wildman–Crippen LogP) is 0.0955. The lowest BCUT2D eigenvalue weighted by Gasteiger charge is -2.31. The number of nitrogens with zero attached hydrogens (tertiary/aromatic N) is 2. The first-order valence-corrected chi connectivity index (χ1v) is 7.26. The number of piperazine rings is 1. The summed E-state index contributed by atoms with van der Waals surface area (Å²) < 4.78 is 0. The summed E-state index contributed by atoms with van der Waals surface area (Å²) in [6, 6.07) is -0.0385. The van der Waals surface area contributed by atoms with Gasteiger partial charge in [0.2, 0.25) is 5.91 Å². The van der Waals surface area contributed by atoms with Crippen molar-refractivity contribution in [3.8, 4) is 0 Å². The second kappa shape index (κ2) is 6.82. The maximum Gasteiger partial charge on any atom is 0.237 e. The molecule has 1 aliphatic heterocycles. The third-order valence-corrected chi connectivity index (χ3v) is 4.04. The summed E-state index contributed by atoms with van der Waals surface area (Å²) in [5.41, 5.74) is 0. The van der Waals surface area contributed by atoms with Gasteiger partial charge < -0.3 is 10.6 Å². The minimum absolute atomic E-state index is 0.0385. The minimum atomic E-state index is -0.0385. The molecule has 18 heavy (non-hydrogen) atoms. The Morgan fingerprint density at radius 2 is 2.39 bits per heavy atom. The quantitative estimate of drug-likeness (QED) is 0.795. The zero-order chi connectivity index (χ0) is 12.8. The number of carbonyl (C=O) groups excluding carboxylic acids is 1. The second-order valence-electron chi connectivity index (χ2n) is 4.43. The van der Waals surface area contributed by atoms with E-state index < -0.39 is 0 Å². The summed E-state index contributed by atoms with van der Waals surface area (Å²) in [6.45, 7) is 6.47. The highest BCUT2D eigenvalue weighted by atomic mass is 32.1. The van der Waals surface area contributed by atoms with Crippen molar-refractivity contribution in [2.24, 2.45) is 0 Å². The van der Waals surface area contributed by atoms with Crippen LogP contribution in [0, 0.1) is 0 Å². The Bertz CT molecular complexity index is 362. The molecule has 100 valence electrons. The lowest BCUT2D eigenvalue weighted by Crippen LogP contribution is -2.52. The molecule has 0 bridgehead atoms. The van der Waals surface area contributed by atoms with Crippen molar-refractivity contribution in [1.29, 1.82) is 0 Å². The van der Waals surface area contributed by atoms with Crippen molar-refractivity contribution >= 4 is 17.2 Å². The van der Waals surface area contributed by atoms with Gasteiger partial charge >= 0.3 is 0 Å². The molecule has 6 heteroatoms. The molecule has 2 heterocycles. The molecule has 2 rings (SSSR count). The zero-order valence-corrected chi connectivity index (χ0v) is 11.5. The van der Waals surface area contributed by atoms with Gasteiger partial charge in [-0.25, -0.2) is 4.98 Å². The molecule has 2 N–H and O–H groups in total. The molecule has 1 aromatic rings. The van der Waals surface area contributed by atoms with E-state index >= 15 is 0 Å². The summed E-state index contributed by atoms with van der Waals surface area (Å²) >= 11 is 1.63. The minimum Gasteiger partial charge on any atom is -0.354 e. The van der Waals surface area contributed by atoms with Gasteiger partial charge in [-0.2, -0.15) is 0 Å². The van der Waals surface area contributed by atoms with Gasteiger partial charge in [0.05, 0.1) is 11.0 Å². The molecule has 1 aliphatic rings. The van der Waals surface area contributed by atoms with E-state index in [1.807, 2.05) is 12.3 Å². The van der Waals surface area contributed by atoms with Crippen molar-refractivity contribution in [2.75, 3.05) is 32.7 Å². The Labute approximate surface area is 112 Å². The van der Waals surface area contributed by atoms with Gasteiger partial charge in [0.15, 0.2) is 0 Å². The highest BCUT2D eigenvalue weighted by Crippen LogP contribution is 2.04. The van der Waals surface area contributed by atoms with Gasteiger partial charge in [0.25, 0.3) is 0 Å². The van der Waals surface area contributed by atoms with Crippen LogP contribution in [0.3, 0.4) is 0 Å². The molecule has 0 saturated carbocycles. The van der Waals surface area contributed by atoms with E-state index in [0.29, 0.717) is 6.54 Å². The first-order valence-electron chi connectivity index (χ1n) is 6.38. The Morgan fingerprint density at radius 3 is 3.06 bits per heavy atom. The van der Waals surface area contributed by atoms with E-state index in [2.05, 4.69) is 20.5 Å². The van der Waals surface area contributed by atoms with Crippen LogP contribution in [0.5, 0.6) is 0 Å². The molecule has 0 aliphatic carbocycles. The molecular weight excluding hydrogens is 248 g/mol. The third-order valence-electron chi connectivity index (χ3n) is 3.20. The van der Waals surface area contributed by atoms with E-state index in [-0.39, 0.29) is 11.9 Å². The van der Waals surface area contributed by atoms with Crippen molar-refractivity contribution in [3.63, 3.8) is 0 Å². The van der Waals surface area contributed by atoms with Crippen LogP contribution in [-0.4, -0.2) is 54.6 Å². The van der Waals surface area contributed by atoms with E-state index in [1.165, 1.54) is 0 Å². The summed E-state index contributed by atoms with van der Waals surface area (Å²) in [5.74, 6) is 0.119. The SMILES string of the molecule is CC(C(=O)NCCc1nccs1)N1CCNCC1. The zero-order valence-electron chi connectivity index (χ0n) is 10.7. The van der Waals surface area contributed by atoms with Gasteiger partial charge in [-0.05, 0) is 6.92 Å². The number of rotatable bonds is 5. The Hall–Kier alpha value is -0.980. The van der Waals surface area contributed by atoms with E-state index in [4.69, 9.17) is 0 Å². The molecule has 0 aromatic carbocycles. The number of hydrogen-bond donors (Lipinski definition) is 2. The highest BCUT2D eigenvalue weighted by molar-refractivity contribution is 7.09. The fourth-order valence-electron chi connectivity index (χ4n) is 2.05. The first-order chi connectivity index (χ1) is 8.77. The average molecular weight is 268 g/mol. The van der Waals surface area contributed by atoms with E-state index in [1.54, 1.807) is 17.5 Å². The normalized spacial score (nSPS) is 18.5. The standard InChI is InChI=1S/C12H20N4OS/c1-10(16-7-4-13-5-8-16)12(17)15-3-2-11-14-6-9-18-11/h6,9-10,13H,2-5,7-8H2,1H3,(H,15,17). The van der Waals surface area contributed by atoms with Crippen molar-refractivity contribution in [2.45, 2.75) is 19.4 Å². The highest BCUT2D eigenvalue weighted by Gasteiger charge is 2.22. The predicted molar refractivity (Wildman–Crippen MR) is 72.7 cm³/mol. The number of aromatic nitrogens is 1. The van der Waals surface area contributed by atoms with Crippen LogP contribution in [0.4, 0.5) is 0 Å². The summed E-state index contributed by atoms with van der Waals surface area (Å²) in [7, 11) is 0. The largest absolute Gasteiger partial charge is 0.354 e. The molecular formula is C12H20N4OS. The second-order valence-corrected chi connectivity index (χ2v) is 5.41. The van der Waals surface area contributed by atoms with Gasteiger partial charge in [0.1, 0.15) is 0 Å². The van der Waals surface area contributed by atoms with Gasteiger partial charge in [0, 0.05) is 50.7 Å². The molecule has 0 spiro atoms. The monoisotopic (exact) mass is 268 g/mol. The Kier molecular flexibility index (Phi) is 5.10. The van der Waals surface area contributed by atoms with Crippen molar-refractivity contribution < 1.29 is 4.79 Å². The third kappa shape index (κ3) is 3.76. The molecule has 5 nitrogen and oxygen atoms in total. The Morgan fingerprint density at radius 1 is 1.61 bits per heavy atom. The number of nitrogens with one attached hydrogen (secondary N) is 2. The van der Waals surface area contributed by atoms with Crippen LogP contribution < -0.4 is 10.6 Å². The fraction of sp³-hybridized carbons (Fsp3) is 0.667. The molecule has 1 saturated heterocycles. The summed E-state index contributed by atoms with van der Waals surface area (Å²) in [5, 5.41) is 9.31. The molecule has 1 amide bonds. The molecule has 1 unspecified atom stereocenters. The van der Waals surface area contributed by atoms with Crippen LogP contribution in [0.25, 0.3) is 0 Å². The van der Waals surface area contributed by atoms with Gasteiger partial charge in [-0.1, -0.05) is 0 Å². The lowest BCUT2D eigenvalue weighted by atomic mass is 10.2. The number of amides is 1. The first kappa shape index (κ1) is 13.5. The average Bonchev–Trinajstić information content (AvgIpc) is 2.92. The van der Waals surface area contributed by atoms with Gasteiger partial charge in [-0.3, -0.25) is 9.69 Å². The van der Waals surface area contributed by atoms with Crippen LogP contribution in [0.15, 0.2) is 11.6 Å². The Balaban J connectivity index is 1.70. The van der Waals surface area contributed by atoms with Crippen LogP contribution >= 0.6 is 11.3 Å². The summed E-state index contributed by atoms with van der Waals surface area (Å²) in [4.78, 5) is 18.4. The lowest BCUT2D eigenvalue weighted by molar-refractivity contribution is -0.126. The maximum absolute atomic E-state index is 12.0. The molecule has 1 aromatic heterocycles. The van der Waals surface area contributed by atoms with E-state index in [0.717, 1.165) is 37.6 Å². The van der Waals surface area contributed by atoms with Crippen LogP contribution in [0.1, 0.15) is 11.9 Å². The maximum atomic E-state index is 12.0. The van der Waals surface area contributed by atoms with Crippen LogP contribution in [0.2, 0.25) is 0 Å². The van der Waals surface area contributed by atoms with Crippen molar-refractivity contribution in [3.05, 3.63) is 16.6 Å². The topological polar surface area (TPSA) is 57.3 Å². The smallest absolute Gasteiger partial charge is 0.237 e. The van der Waals surface area contributed by atoms with Crippen molar-refractivity contribution in [1.82, 2.24) is 20.5 Å². The van der Waals surface area contributed by atoms with Crippen LogP contribution in [-0.2, 0) is 11.2 Å². The number of thiazole rings is 1. The van der Waals surface area contributed by atoms with E-state index in [9.17, 15) is 4.79 Å². The summed E-state index contributed by atoms with van der Waals surface area (Å²) in [6.07, 6.45) is 2.61. The number of carbonyl (C=O) groups is 1. The number of hydrogen-bond acceptors (Lipinski definition) is 5. The molecule has 0 radical (unpaired) electrons.